The zero-order valence-corrected chi connectivity index (χ0v) is 17.0. The smallest absolute Gasteiger partial charge is 0.259 e. The molecule has 2 saturated heterocycles. The number of ether oxygens (including phenoxy) is 1. The number of alkyl halides is 2. The third kappa shape index (κ3) is 4.13. The first-order chi connectivity index (χ1) is 13.9. The van der Waals surface area contributed by atoms with Crippen LogP contribution in [0.5, 0.6) is 0 Å². The number of aliphatic hydroxyl groups is 1. The molecule has 8 heteroatoms. The van der Waals surface area contributed by atoms with Crippen LogP contribution in [0.25, 0.3) is 0 Å². The standard InChI is InChI=1S/C21H26ClFN2O4/c22-16-5-6-17(18(23)11-16)14-1-3-15(4-2-14)19(26)24-7-9-25(10-8-24)20(27)21(28)12-29-13-21/h1-4,16-18,28H,5-13H2. The van der Waals surface area contributed by atoms with Gasteiger partial charge in [-0.2, -0.15) is 0 Å². The van der Waals surface area contributed by atoms with Crippen LogP contribution in [0.15, 0.2) is 24.3 Å². The predicted molar refractivity (Wildman–Crippen MR) is 106 cm³/mol. The average molecular weight is 425 g/mol. The molecule has 4 rings (SSSR count). The van der Waals surface area contributed by atoms with Crippen LogP contribution >= 0.6 is 11.6 Å². The second-order valence-corrected chi connectivity index (χ2v) is 8.88. The normalized spacial score (nSPS) is 29.3. The van der Waals surface area contributed by atoms with Crippen LogP contribution < -0.4 is 0 Å². The lowest BCUT2D eigenvalue weighted by molar-refractivity contribution is -0.201. The Morgan fingerprint density at radius 2 is 1.69 bits per heavy atom. The Labute approximate surface area is 174 Å². The van der Waals surface area contributed by atoms with Crippen LogP contribution in [-0.4, -0.2) is 83.3 Å². The van der Waals surface area contributed by atoms with Gasteiger partial charge in [0, 0.05) is 43.0 Å². The highest BCUT2D eigenvalue weighted by molar-refractivity contribution is 6.20. The van der Waals surface area contributed by atoms with Gasteiger partial charge in [-0.3, -0.25) is 9.59 Å². The van der Waals surface area contributed by atoms with Gasteiger partial charge in [-0.1, -0.05) is 12.1 Å². The molecule has 0 bridgehead atoms. The molecule has 1 aliphatic carbocycles. The molecule has 3 aliphatic rings. The van der Waals surface area contributed by atoms with Gasteiger partial charge < -0.3 is 19.6 Å². The summed E-state index contributed by atoms with van der Waals surface area (Å²) < 4.78 is 19.3. The molecule has 3 fully saturated rings. The lowest BCUT2D eigenvalue weighted by Gasteiger charge is -2.42. The van der Waals surface area contributed by atoms with Crippen molar-refractivity contribution in [1.29, 1.82) is 0 Å². The quantitative estimate of drug-likeness (QED) is 0.753. The molecule has 2 aliphatic heterocycles. The van der Waals surface area contributed by atoms with E-state index >= 15 is 0 Å². The molecule has 1 N–H and O–H groups in total. The number of carbonyl (C=O) groups is 2. The molecule has 3 atom stereocenters. The van der Waals surface area contributed by atoms with Crippen molar-refractivity contribution >= 4 is 23.4 Å². The summed E-state index contributed by atoms with van der Waals surface area (Å²) in [6, 6.07) is 7.18. The van der Waals surface area contributed by atoms with E-state index in [2.05, 4.69) is 0 Å². The summed E-state index contributed by atoms with van der Waals surface area (Å²) >= 11 is 6.05. The van der Waals surface area contributed by atoms with Gasteiger partial charge in [-0.05, 0) is 37.0 Å². The van der Waals surface area contributed by atoms with E-state index < -0.39 is 11.8 Å². The van der Waals surface area contributed by atoms with Crippen molar-refractivity contribution < 1.29 is 23.8 Å². The molecule has 29 heavy (non-hydrogen) atoms. The van der Waals surface area contributed by atoms with Crippen LogP contribution in [-0.2, 0) is 9.53 Å². The van der Waals surface area contributed by atoms with Crippen molar-refractivity contribution in [2.75, 3.05) is 39.4 Å². The molecule has 1 aromatic carbocycles. The van der Waals surface area contributed by atoms with E-state index in [4.69, 9.17) is 16.3 Å². The zero-order chi connectivity index (χ0) is 20.6. The Balaban J connectivity index is 1.34. The molecule has 158 valence electrons. The average Bonchev–Trinajstić information content (AvgIpc) is 2.71. The number of halogens is 2. The van der Waals surface area contributed by atoms with E-state index in [1.54, 1.807) is 21.9 Å². The molecule has 2 heterocycles. The summed E-state index contributed by atoms with van der Waals surface area (Å²) in [7, 11) is 0. The fourth-order valence-electron chi connectivity index (χ4n) is 4.32. The van der Waals surface area contributed by atoms with Crippen molar-refractivity contribution in [2.24, 2.45) is 0 Å². The third-order valence-electron chi connectivity index (χ3n) is 6.23. The van der Waals surface area contributed by atoms with E-state index in [-0.39, 0.29) is 36.3 Å². The maximum absolute atomic E-state index is 14.3. The highest BCUT2D eigenvalue weighted by atomic mass is 35.5. The summed E-state index contributed by atoms with van der Waals surface area (Å²) in [5.74, 6) is -0.590. The van der Waals surface area contributed by atoms with Crippen molar-refractivity contribution in [3.63, 3.8) is 0 Å². The van der Waals surface area contributed by atoms with Gasteiger partial charge in [0.1, 0.15) is 6.17 Å². The second kappa shape index (κ2) is 8.20. The molecular formula is C21H26ClFN2O4. The van der Waals surface area contributed by atoms with E-state index in [1.807, 2.05) is 12.1 Å². The first kappa shape index (κ1) is 20.6. The summed E-state index contributed by atoms with van der Waals surface area (Å²) in [4.78, 5) is 28.4. The second-order valence-electron chi connectivity index (χ2n) is 8.26. The van der Waals surface area contributed by atoms with Crippen molar-refractivity contribution in [1.82, 2.24) is 9.80 Å². The Kier molecular flexibility index (Phi) is 5.82. The highest BCUT2D eigenvalue weighted by Crippen LogP contribution is 2.37. The SMILES string of the molecule is O=C(c1ccc(C2CCC(Cl)CC2F)cc1)N1CCN(C(=O)C2(O)COC2)CC1. The molecule has 6 nitrogen and oxygen atoms in total. The van der Waals surface area contributed by atoms with Crippen LogP contribution in [0.3, 0.4) is 0 Å². The summed E-state index contributed by atoms with van der Waals surface area (Å²) in [6.45, 7) is 1.66. The fraction of sp³-hybridized carbons (Fsp3) is 0.619. The summed E-state index contributed by atoms with van der Waals surface area (Å²) in [5, 5.41) is 10.0. The van der Waals surface area contributed by atoms with Crippen LogP contribution in [0, 0.1) is 0 Å². The number of nitrogens with zero attached hydrogens (tertiary/aromatic N) is 2. The number of hydrogen-bond acceptors (Lipinski definition) is 4. The van der Waals surface area contributed by atoms with Crippen LogP contribution in [0.4, 0.5) is 4.39 Å². The monoisotopic (exact) mass is 424 g/mol. The van der Waals surface area contributed by atoms with Crippen molar-refractivity contribution in [3.8, 4) is 0 Å². The van der Waals surface area contributed by atoms with Crippen LogP contribution in [0.2, 0.25) is 0 Å². The first-order valence-electron chi connectivity index (χ1n) is 10.1. The Hall–Kier alpha value is -1.70. The minimum atomic E-state index is -1.40. The number of piperazine rings is 1. The number of rotatable bonds is 3. The number of benzene rings is 1. The number of hydrogen-bond donors (Lipinski definition) is 1. The lowest BCUT2D eigenvalue weighted by Crippen LogP contribution is -2.64. The summed E-state index contributed by atoms with van der Waals surface area (Å²) in [5.41, 5.74) is 0.0591. The van der Waals surface area contributed by atoms with E-state index in [0.717, 1.165) is 18.4 Å². The summed E-state index contributed by atoms with van der Waals surface area (Å²) in [6.07, 6.45) is 0.944. The molecule has 3 unspecified atom stereocenters. The van der Waals surface area contributed by atoms with Crippen molar-refractivity contribution in [2.45, 2.75) is 42.3 Å². The van der Waals surface area contributed by atoms with Gasteiger partial charge in [0.2, 0.25) is 0 Å². The minimum absolute atomic E-state index is 0.0314. The molecule has 0 aromatic heterocycles. The van der Waals surface area contributed by atoms with Gasteiger partial charge in [-0.25, -0.2) is 4.39 Å². The first-order valence-corrected chi connectivity index (χ1v) is 10.6. The van der Waals surface area contributed by atoms with Gasteiger partial charge in [-0.15, -0.1) is 11.6 Å². The predicted octanol–water partition coefficient (Wildman–Crippen LogP) is 1.95. The fourth-order valence-corrected chi connectivity index (χ4v) is 4.62. The molecule has 2 amide bonds. The van der Waals surface area contributed by atoms with E-state index in [1.165, 1.54) is 0 Å². The topological polar surface area (TPSA) is 70.1 Å². The minimum Gasteiger partial charge on any atom is -0.376 e. The molecular weight excluding hydrogens is 399 g/mol. The highest BCUT2D eigenvalue weighted by Gasteiger charge is 2.46. The Morgan fingerprint density at radius 3 is 2.24 bits per heavy atom. The van der Waals surface area contributed by atoms with Gasteiger partial charge in [0.15, 0.2) is 5.60 Å². The lowest BCUT2D eigenvalue weighted by atomic mass is 9.82. The molecule has 0 spiro atoms. The molecule has 0 radical (unpaired) electrons. The number of carbonyl (C=O) groups excluding carboxylic acids is 2. The Morgan fingerprint density at radius 1 is 1.07 bits per heavy atom. The number of amides is 2. The van der Waals surface area contributed by atoms with Crippen molar-refractivity contribution in [3.05, 3.63) is 35.4 Å². The van der Waals surface area contributed by atoms with E-state index in [9.17, 15) is 19.1 Å². The molecule has 1 saturated carbocycles. The molecule has 1 aromatic rings. The van der Waals surface area contributed by atoms with E-state index in [0.29, 0.717) is 38.2 Å². The maximum atomic E-state index is 14.3. The Bertz CT molecular complexity index is 762. The van der Waals surface area contributed by atoms with Gasteiger partial charge in [0.05, 0.1) is 13.2 Å². The zero-order valence-electron chi connectivity index (χ0n) is 16.2. The van der Waals surface area contributed by atoms with Gasteiger partial charge in [0.25, 0.3) is 11.8 Å². The van der Waals surface area contributed by atoms with Crippen LogP contribution in [0.1, 0.15) is 41.1 Å². The largest absolute Gasteiger partial charge is 0.376 e. The maximum Gasteiger partial charge on any atom is 0.259 e. The third-order valence-corrected chi connectivity index (χ3v) is 6.62. The van der Waals surface area contributed by atoms with Gasteiger partial charge >= 0.3 is 0 Å².